The first-order valence-corrected chi connectivity index (χ1v) is 12.5. The molecule has 0 bridgehead atoms. The Morgan fingerprint density at radius 3 is 2.76 bits per heavy atom. The summed E-state index contributed by atoms with van der Waals surface area (Å²) in [5, 5.41) is 0. The predicted molar refractivity (Wildman–Crippen MR) is 131 cm³/mol. The van der Waals surface area contributed by atoms with Crippen LogP contribution in [0.25, 0.3) is 5.57 Å². The highest BCUT2D eigenvalue weighted by Gasteiger charge is 2.45. The molecule has 0 radical (unpaired) electrons. The highest BCUT2D eigenvalue weighted by Crippen LogP contribution is 2.50. The average molecular weight is 460 g/mol. The Morgan fingerprint density at radius 1 is 1.15 bits per heavy atom. The Labute approximate surface area is 201 Å². The molecule has 2 aromatic rings. The van der Waals surface area contributed by atoms with E-state index in [2.05, 4.69) is 54.3 Å². The second-order valence-corrected chi connectivity index (χ2v) is 9.82. The molecule has 1 fully saturated rings. The number of fused-ring (bicyclic) bond motifs is 6. The number of ketones is 1. The summed E-state index contributed by atoms with van der Waals surface area (Å²) in [4.78, 5) is 26.8. The maximum atomic E-state index is 12.5. The molecule has 2 aliphatic heterocycles. The number of ether oxygens (including phenoxy) is 2. The molecule has 178 valence electrons. The van der Waals surface area contributed by atoms with Gasteiger partial charge in [-0.1, -0.05) is 36.4 Å². The third-order valence-corrected chi connectivity index (χ3v) is 7.30. The number of carbonyl (C=O) groups excluding carboxylic acids is 2. The van der Waals surface area contributed by atoms with Crippen molar-refractivity contribution in [3.8, 4) is 5.75 Å². The van der Waals surface area contributed by atoms with Crippen molar-refractivity contribution in [3.63, 3.8) is 0 Å². The van der Waals surface area contributed by atoms with E-state index in [-0.39, 0.29) is 30.3 Å². The van der Waals surface area contributed by atoms with Crippen LogP contribution >= 0.6 is 0 Å². The van der Waals surface area contributed by atoms with Crippen molar-refractivity contribution in [1.29, 1.82) is 0 Å². The summed E-state index contributed by atoms with van der Waals surface area (Å²) >= 11 is 0. The smallest absolute Gasteiger partial charge is 0.307 e. The first-order valence-electron chi connectivity index (χ1n) is 12.5. The number of nitrogens with zero attached hydrogens (tertiary/aromatic N) is 1. The van der Waals surface area contributed by atoms with Crippen molar-refractivity contribution in [2.45, 2.75) is 77.0 Å². The molecule has 3 aliphatic rings. The molecule has 0 aromatic heterocycles. The van der Waals surface area contributed by atoms with Crippen LogP contribution in [0.1, 0.15) is 75.1 Å². The highest BCUT2D eigenvalue weighted by atomic mass is 16.5. The van der Waals surface area contributed by atoms with Crippen LogP contribution in [0.2, 0.25) is 0 Å². The molecule has 2 aromatic carbocycles. The molecule has 0 N–H and O–H groups in total. The van der Waals surface area contributed by atoms with E-state index in [1.165, 1.54) is 18.1 Å². The Balaban J connectivity index is 1.39. The van der Waals surface area contributed by atoms with Crippen molar-refractivity contribution < 1.29 is 19.1 Å². The lowest BCUT2D eigenvalue weighted by atomic mass is 9.78. The number of rotatable bonds is 7. The number of Topliss-reactive ketones (excluding diaryl/α,β-unsaturated/α-hetero) is 1. The Hall–Kier alpha value is -2.92. The van der Waals surface area contributed by atoms with Gasteiger partial charge in [0, 0.05) is 31.0 Å². The second kappa shape index (κ2) is 9.75. The van der Waals surface area contributed by atoms with Crippen LogP contribution in [0.4, 0.5) is 0 Å². The van der Waals surface area contributed by atoms with Crippen LogP contribution in [0.15, 0.2) is 54.3 Å². The zero-order valence-corrected chi connectivity index (χ0v) is 20.1. The molecule has 0 spiro atoms. The number of hydrogen-bond acceptors (Lipinski definition) is 5. The number of hydrogen-bond donors (Lipinski definition) is 0. The van der Waals surface area contributed by atoms with Gasteiger partial charge in [0.2, 0.25) is 0 Å². The summed E-state index contributed by atoms with van der Waals surface area (Å²) < 4.78 is 11.9. The van der Waals surface area contributed by atoms with Gasteiger partial charge in [0.1, 0.15) is 17.3 Å². The zero-order chi connectivity index (χ0) is 23.7. The van der Waals surface area contributed by atoms with E-state index in [0.717, 1.165) is 55.5 Å². The summed E-state index contributed by atoms with van der Waals surface area (Å²) in [6.45, 7) is 4.49. The summed E-state index contributed by atoms with van der Waals surface area (Å²) in [6, 6.07) is 17.2. The van der Waals surface area contributed by atoms with Crippen molar-refractivity contribution in [2.75, 3.05) is 6.54 Å². The lowest BCUT2D eigenvalue weighted by Gasteiger charge is -2.43. The standard InChI is InChI=1S/C29H33NO4/c1-19(8-6-11-21-9-4-3-5-10-21)33-23-13-14-24-25(18-23)29-27(30-15-7-12-26(24)30)16-22(32)17-28(29)34-20(2)31/h3-5,9-10,13-14,18-19,26-27H,6-8,11-12,15-17H2,1-2H3. The van der Waals surface area contributed by atoms with Gasteiger partial charge in [0.05, 0.1) is 12.5 Å². The minimum Gasteiger partial charge on any atom is -0.491 e. The largest absolute Gasteiger partial charge is 0.491 e. The summed E-state index contributed by atoms with van der Waals surface area (Å²) in [5.74, 6) is 1.12. The molecule has 0 amide bonds. The number of allylic oxidation sites excluding steroid dienone is 1. The minimum atomic E-state index is -0.375. The van der Waals surface area contributed by atoms with E-state index in [0.29, 0.717) is 18.2 Å². The third kappa shape index (κ3) is 4.67. The highest BCUT2D eigenvalue weighted by molar-refractivity contribution is 5.93. The van der Waals surface area contributed by atoms with Gasteiger partial charge in [-0.15, -0.1) is 0 Å². The fourth-order valence-corrected chi connectivity index (χ4v) is 5.89. The fraction of sp³-hybridized carbons (Fsp3) is 0.448. The van der Waals surface area contributed by atoms with Crippen LogP contribution in [0, 0.1) is 0 Å². The maximum Gasteiger partial charge on any atom is 0.307 e. The van der Waals surface area contributed by atoms with Gasteiger partial charge in [-0.05, 0) is 74.4 Å². The van der Waals surface area contributed by atoms with Gasteiger partial charge in [-0.25, -0.2) is 0 Å². The molecule has 0 saturated carbocycles. The lowest BCUT2D eigenvalue weighted by Crippen LogP contribution is -2.43. The van der Waals surface area contributed by atoms with Crippen LogP contribution in [-0.2, 0) is 20.7 Å². The van der Waals surface area contributed by atoms with Crippen LogP contribution in [0.5, 0.6) is 5.75 Å². The van der Waals surface area contributed by atoms with E-state index in [4.69, 9.17) is 9.47 Å². The number of aryl methyl sites for hydroxylation is 1. The Bertz CT molecular complexity index is 1110. The lowest BCUT2D eigenvalue weighted by molar-refractivity contribution is -0.137. The van der Waals surface area contributed by atoms with E-state index in [9.17, 15) is 9.59 Å². The van der Waals surface area contributed by atoms with Crippen LogP contribution < -0.4 is 4.74 Å². The average Bonchev–Trinajstić information content (AvgIpc) is 3.29. The first kappa shape index (κ1) is 22.9. The second-order valence-electron chi connectivity index (χ2n) is 9.82. The van der Waals surface area contributed by atoms with Crippen LogP contribution in [0.3, 0.4) is 0 Å². The van der Waals surface area contributed by atoms with Gasteiger partial charge < -0.3 is 9.47 Å². The van der Waals surface area contributed by atoms with Gasteiger partial charge >= 0.3 is 5.97 Å². The molecule has 5 heteroatoms. The van der Waals surface area contributed by atoms with Gasteiger partial charge in [-0.2, -0.15) is 0 Å². The predicted octanol–water partition coefficient (Wildman–Crippen LogP) is 5.63. The first-order chi connectivity index (χ1) is 16.5. The van der Waals surface area contributed by atoms with Crippen molar-refractivity contribution in [1.82, 2.24) is 4.90 Å². The van der Waals surface area contributed by atoms with E-state index < -0.39 is 0 Å². The topological polar surface area (TPSA) is 55.8 Å². The zero-order valence-electron chi connectivity index (χ0n) is 20.1. The molecule has 3 atom stereocenters. The quantitative estimate of drug-likeness (QED) is 0.502. The number of esters is 1. The summed E-state index contributed by atoms with van der Waals surface area (Å²) in [7, 11) is 0. The minimum absolute atomic E-state index is 0.0193. The summed E-state index contributed by atoms with van der Waals surface area (Å²) in [6.07, 6.45) is 6.05. The van der Waals surface area contributed by atoms with Gasteiger partial charge in [0.25, 0.3) is 0 Å². The van der Waals surface area contributed by atoms with E-state index >= 15 is 0 Å². The van der Waals surface area contributed by atoms with E-state index in [1.807, 2.05) is 6.07 Å². The SMILES string of the molecule is CC(=O)OC1=C2c3cc(OC(C)CCCc4ccccc4)ccc3C3CCCN3C2CC(=O)C1. The Morgan fingerprint density at radius 2 is 1.97 bits per heavy atom. The van der Waals surface area contributed by atoms with Crippen LogP contribution in [-0.4, -0.2) is 35.3 Å². The Kier molecular flexibility index (Phi) is 6.55. The van der Waals surface area contributed by atoms with Gasteiger partial charge in [0.15, 0.2) is 0 Å². The van der Waals surface area contributed by atoms with E-state index in [1.54, 1.807) is 0 Å². The van der Waals surface area contributed by atoms with Crippen molar-refractivity contribution in [3.05, 3.63) is 71.0 Å². The molecule has 3 unspecified atom stereocenters. The molecule has 1 aliphatic carbocycles. The molecular weight excluding hydrogens is 426 g/mol. The third-order valence-electron chi connectivity index (χ3n) is 7.30. The number of benzene rings is 2. The molecule has 34 heavy (non-hydrogen) atoms. The fourth-order valence-electron chi connectivity index (χ4n) is 5.89. The molecule has 2 heterocycles. The van der Waals surface area contributed by atoms with Gasteiger partial charge in [-0.3, -0.25) is 14.5 Å². The molecule has 5 rings (SSSR count). The van der Waals surface area contributed by atoms with Crippen molar-refractivity contribution in [2.24, 2.45) is 0 Å². The normalized spacial score (nSPS) is 22.6. The molecular formula is C29H33NO4. The molecule has 5 nitrogen and oxygen atoms in total. The summed E-state index contributed by atoms with van der Waals surface area (Å²) in [5.41, 5.74) is 4.70. The van der Waals surface area contributed by atoms with Crippen molar-refractivity contribution >= 4 is 17.3 Å². The monoisotopic (exact) mass is 459 g/mol. The number of carbonyl (C=O) groups is 2. The molecule has 1 saturated heterocycles. The maximum absolute atomic E-state index is 12.5.